The highest BCUT2D eigenvalue weighted by Gasteiger charge is 2.35. The molecule has 0 bridgehead atoms. The molecule has 0 spiro atoms. The maximum absolute atomic E-state index is 12.6. The summed E-state index contributed by atoms with van der Waals surface area (Å²) in [6, 6.07) is 12.8. The van der Waals surface area contributed by atoms with E-state index in [1.165, 1.54) is 4.90 Å². The molecular weight excluding hydrogens is 365 g/mol. The molecule has 1 aliphatic rings. The number of carbonyl (C=O) groups is 2. The van der Waals surface area contributed by atoms with Crippen molar-refractivity contribution in [2.45, 2.75) is 13.5 Å². The molecule has 2 amide bonds. The highest BCUT2D eigenvalue weighted by Crippen LogP contribution is 2.36. The molecule has 122 valence electrons. The van der Waals surface area contributed by atoms with Gasteiger partial charge >= 0.3 is 0 Å². The lowest BCUT2D eigenvalue weighted by atomic mass is 10.1. The van der Waals surface area contributed by atoms with Gasteiger partial charge in [-0.15, -0.1) is 0 Å². The Labute approximate surface area is 154 Å². The molecule has 0 atom stereocenters. The summed E-state index contributed by atoms with van der Waals surface area (Å²) in [5.41, 5.74) is 2.54. The van der Waals surface area contributed by atoms with Gasteiger partial charge in [0.15, 0.2) is 0 Å². The van der Waals surface area contributed by atoms with Crippen molar-refractivity contribution in [2.75, 3.05) is 0 Å². The quantitative estimate of drug-likeness (QED) is 0.659. The van der Waals surface area contributed by atoms with Gasteiger partial charge in [0.25, 0.3) is 11.1 Å². The van der Waals surface area contributed by atoms with Crippen molar-refractivity contribution in [3.05, 3.63) is 74.1 Å². The molecular formula is C18H13Cl2NO2S. The molecule has 2 aromatic rings. The van der Waals surface area contributed by atoms with Crippen molar-refractivity contribution in [3.8, 4) is 0 Å². The van der Waals surface area contributed by atoms with Crippen LogP contribution in [0.4, 0.5) is 4.79 Å². The SMILES string of the molecule is Cc1cccc(CN2C(=O)S/C(=C/c3c(Cl)cccc3Cl)C2=O)c1. The number of aryl methyl sites for hydroxylation is 1. The highest BCUT2D eigenvalue weighted by molar-refractivity contribution is 8.18. The third-order valence-corrected chi connectivity index (χ3v) is 5.14. The van der Waals surface area contributed by atoms with Gasteiger partial charge in [0.1, 0.15) is 0 Å². The van der Waals surface area contributed by atoms with E-state index in [-0.39, 0.29) is 17.7 Å². The Morgan fingerprint density at radius 3 is 2.42 bits per heavy atom. The smallest absolute Gasteiger partial charge is 0.268 e. The summed E-state index contributed by atoms with van der Waals surface area (Å²) >= 11 is 13.2. The minimum absolute atomic E-state index is 0.250. The normalized spacial score (nSPS) is 16.3. The number of hydrogen-bond donors (Lipinski definition) is 0. The van der Waals surface area contributed by atoms with E-state index in [2.05, 4.69) is 0 Å². The number of halogens is 2. The van der Waals surface area contributed by atoms with Crippen molar-refractivity contribution < 1.29 is 9.59 Å². The zero-order chi connectivity index (χ0) is 17.3. The van der Waals surface area contributed by atoms with Crippen LogP contribution in [0.3, 0.4) is 0 Å². The van der Waals surface area contributed by atoms with Gasteiger partial charge in [0, 0.05) is 15.6 Å². The van der Waals surface area contributed by atoms with Crippen LogP contribution in [0.2, 0.25) is 10.0 Å². The molecule has 1 aliphatic heterocycles. The van der Waals surface area contributed by atoms with Gasteiger partial charge in [0.05, 0.1) is 11.4 Å². The number of thioether (sulfide) groups is 1. The van der Waals surface area contributed by atoms with Crippen molar-refractivity contribution >= 4 is 52.2 Å². The predicted molar refractivity (Wildman–Crippen MR) is 99.2 cm³/mol. The standard InChI is InChI=1S/C18H13Cl2NO2S/c1-11-4-2-5-12(8-11)10-21-17(22)16(24-18(21)23)9-13-14(19)6-3-7-15(13)20/h2-9H,10H2,1H3/b16-9+. The number of carbonyl (C=O) groups excluding carboxylic acids is 2. The van der Waals surface area contributed by atoms with Crippen LogP contribution in [-0.4, -0.2) is 16.0 Å². The van der Waals surface area contributed by atoms with Crippen molar-refractivity contribution in [2.24, 2.45) is 0 Å². The lowest BCUT2D eigenvalue weighted by Crippen LogP contribution is -2.27. The van der Waals surface area contributed by atoms with Crippen LogP contribution in [0.5, 0.6) is 0 Å². The molecule has 3 nitrogen and oxygen atoms in total. The molecule has 6 heteroatoms. The van der Waals surface area contributed by atoms with E-state index < -0.39 is 0 Å². The molecule has 24 heavy (non-hydrogen) atoms. The van der Waals surface area contributed by atoms with Crippen LogP contribution in [0.15, 0.2) is 47.4 Å². The third-order valence-electron chi connectivity index (χ3n) is 3.57. The largest absolute Gasteiger partial charge is 0.293 e. The summed E-state index contributed by atoms with van der Waals surface area (Å²) in [7, 11) is 0. The van der Waals surface area contributed by atoms with Crippen LogP contribution in [0.25, 0.3) is 6.08 Å². The molecule has 0 saturated carbocycles. The highest BCUT2D eigenvalue weighted by atomic mass is 35.5. The summed E-state index contributed by atoms with van der Waals surface area (Å²) in [5.74, 6) is -0.331. The van der Waals surface area contributed by atoms with E-state index >= 15 is 0 Å². The number of amides is 2. The topological polar surface area (TPSA) is 37.4 Å². The molecule has 2 aromatic carbocycles. The summed E-state index contributed by atoms with van der Waals surface area (Å²) in [4.78, 5) is 26.3. The predicted octanol–water partition coefficient (Wildman–Crippen LogP) is 5.54. The van der Waals surface area contributed by atoms with E-state index in [0.717, 1.165) is 22.9 Å². The molecule has 1 fully saturated rings. The van der Waals surface area contributed by atoms with Crippen molar-refractivity contribution in [1.82, 2.24) is 4.90 Å². The van der Waals surface area contributed by atoms with Gasteiger partial charge < -0.3 is 0 Å². The first-order valence-electron chi connectivity index (χ1n) is 7.20. The fourth-order valence-electron chi connectivity index (χ4n) is 2.41. The Hall–Kier alpha value is -1.75. The van der Waals surface area contributed by atoms with E-state index in [9.17, 15) is 9.59 Å². The number of nitrogens with zero attached hydrogens (tertiary/aromatic N) is 1. The number of benzene rings is 2. The lowest BCUT2D eigenvalue weighted by molar-refractivity contribution is -0.123. The van der Waals surface area contributed by atoms with E-state index in [1.807, 2.05) is 31.2 Å². The summed E-state index contributed by atoms with van der Waals surface area (Å²) < 4.78 is 0. The molecule has 1 saturated heterocycles. The second kappa shape index (κ2) is 7.01. The van der Waals surface area contributed by atoms with Gasteiger partial charge in [0.2, 0.25) is 0 Å². The van der Waals surface area contributed by atoms with Gasteiger partial charge in [-0.1, -0.05) is 59.1 Å². The zero-order valence-electron chi connectivity index (χ0n) is 12.8. The maximum atomic E-state index is 12.6. The van der Waals surface area contributed by atoms with Crippen molar-refractivity contribution in [3.63, 3.8) is 0 Å². The van der Waals surface area contributed by atoms with E-state index in [1.54, 1.807) is 24.3 Å². The van der Waals surface area contributed by atoms with Crippen LogP contribution in [0, 0.1) is 6.92 Å². The van der Waals surface area contributed by atoms with E-state index in [4.69, 9.17) is 23.2 Å². The lowest BCUT2D eigenvalue weighted by Gasteiger charge is -2.12. The average molecular weight is 378 g/mol. The second-order valence-electron chi connectivity index (χ2n) is 5.39. The number of rotatable bonds is 3. The maximum Gasteiger partial charge on any atom is 0.293 e. The zero-order valence-corrected chi connectivity index (χ0v) is 15.1. The monoisotopic (exact) mass is 377 g/mol. The van der Waals surface area contributed by atoms with Gasteiger partial charge in [-0.3, -0.25) is 14.5 Å². The molecule has 0 aliphatic carbocycles. The first-order valence-corrected chi connectivity index (χ1v) is 8.78. The van der Waals surface area contributed by atoms with Crippen molar-refractivity contribution in [1.29, 1.82) is 0 Å². The molecule has 0 aromatic heterocycles. The first-order chi connectivity index (χ1) is 11.5. The first kappa shape index (κ1) is 17.1. The van der Waals surface area contributed by atoms with Crippen LogP contribution in [-0.2, 0) is 11.3 Å². The van der Waals surface area contributed by atoms with E-state index in [0.29, 0.717) is 20.5 Å². The summed E-state index contributed by atoms with van der Waals surface area (Å²) in [6.45, 7) is 2.22. The molecule has 0 radical (unpaired) electrons. The number of imide groups is 1. The Balaban J connectivity index is 1.88. The Morgan fingerprint density at radius 2 is 1.75 bits per heavy atom. The van der Waals surface area contributed by atoms with Crippen LogP contribution < -0.4 is 0 Å². The summed E-state index contributed by atoms with van der Waals surface area (Å²) in [5, 5.41) is 0.580. The van der Waals surface area contributed by atoms with Gasteiger partial charge in [-0.25, -0.2) is 0 Å². The molecule has 3 rings (SSSR count). The van der Waals surface area contributed by atoms with Crippen LogP contribution >= 0.6 is 35.0 Å². The fourth-order valence-corrected chi connectivity index (χ4v) is 3.74. The average Bonchev–Trinajstić information content (AvgIpc) is 2.79. The Bertz CT molecular complexity index is 844. The second-order valence-corrected chi connectivity index (χ2v) is 7.20. The minimum atomic E-state index is -0.331. The minimum Gasteiger partial charge on any atom is -0.268 e. The fraction of sp³-hybridized carbons (Fsp3) is 0.111. The third kappa shape index (κ3) is 3.51. The molecule has 0 N–H and O–H groups in total. The van der Waals surface area contributed by atoms with Gasteiger partial charge in [-0.05, 0) is 42.5 Å². The Morgan fingerprint density at radius 1 is 1.08 bits per heavy atom. The number of hydrogen-bond acceptors (Lipinski definition) is 3. The summed E-state index contributed by atoms with van der Waals surface area (Å²) in [6.07, 6.45) is 1.58. The Kier molecular flexibility index (Phi) is 4.99. The molecule has 0 unspecified atom stereocenters. The van der Waals surface area contributed by atoms with Gasteiger partial charge in [-0.2, -0.15) is 0 Å². The molecule has 1 heterocycles. The van der Waals surface area contributed by atoms with Crippen LogP contribution in [0.1, 0.15) is 16.7 Å².